The maximum absolute atomic E-state index is 13.6. The van der Waals surface area contributed by atoms with Gasteiger partial charge in [-0.2, -0.15) is 5.10 Å². The molecule has 1 amide bonds. The van der Waals surface area contributed by atoms with Gasteiger partial charge in [0.1, 0.15) is 6.54 Å². The Morgan fingerprint density at radius 3 is 2.26 bits per heavy atom. The highest BCUT2D eigenvalue weighted by atomic mass is 32.2. The number of nitrogens with one attached hydrogen (secondary N) is 1. The molecule has 1 aromatic heterocycles. The number of aryl methyl sites for hydroxylation is 5. The first kappa shape index (κ1) is 27.9. The van der Waals surface area contributed by atoms with Crippen LogP contribution in [0, 0.1) is 41.5 Å². The molecule has 0 spiro atoms. The van der Waals surface area contributed by atoms with Gasteiger partial charge >= 0.3 is 0 Å². The summed E-state index contributed by atoms with van der Waals surface area (Å²) in [6.45, 7) is 11.5. The third-order valence-electron chi connectivity index (χ3n) is 6.80. The van der Waals surface area contributed by atoms with Crippen molar-refractivity contribution in [3.63, 3.8) is 0 Å². The number of aromatic nitrogens is 1. The predicted molar refractivity (Wildman–Crippen MR) is 157 cm³/mol. The second-order valence-electron chi connectivity index (χ2n) is 9.89. The standard InChI is InChI=1S/C31H34N4O3S/c1-21-10-14-30(15-11-21)39(37,38)34(28-9-7-8-22(2)16-28)20-31(36)33-32-19-27-18-25(5)35(26(27)6)29-13-12-23(3)24(4)17-29/h7-19H,20H2,1-6H3,(H,33,36)/b32-19-. The van der Waals surface area contributed by atoms with E-state index in [4.69, 9.17) is 0 Å². The van der Waals surface area contributed by atoms with Gasteiger partial charge in [0, 0.05) is 22.6 Å². The fourth-order valence-corrected chi connectivity index (χ4v) is 5.87. The Balaban J connectivity index is 1.56. The van der Waals surface area contributed by atoms with E-state index >= 15 is 0 Å². The smallest absolute Gasteiger partial charge is 0.264 e. The second kappa shape index (κ2) is 11.3. The van der Waals surface area contributed by atoms with Crippen LogP contribution < -0.4 is 9.73 Å². The molecule has 0 fully saturated rings. The molecule has 4 aromatic rings. The van der Waals surface area contributed by atoms with Crippen LogP contribution in [-0.4, -0.2) is 31.7 Å². The van der Waals surface area contributed by atoms with Crippen molar-refractivity contribution in [3.8, 4) is 5.69 Å². The van der Waals surface area contributed by atoms with Crippen LogP contribution in [-0.2, 0) is 14.8 Å². The molecule has 0 aliphatic rings. The number of amides is 1. The number of rotatable bonds is 8. The fraction of sp³-hybridized carbons (Fsp3) is 0.226. The average Bonchev–Trinajstić information content (AvgIpc) is 3.17. The first-order chi connectivity index (χ1) is 18.5. The lowest BCUT2D eigenvalue weighted by atomic mass is 10.1. The minimum atomic E-state index is -3.99. The van der Waals surface area contributed by atoms with Gasteiger partial charge in [0.2, 0.25) is 0 Å². The van der Waals surface area contributed by atoms with E-state index in [2.05, 4.69) is 47.1 Å². The molecule has 39 heavy (non-hydrogen) atoms. The van der Waals surface area contributed by atoms with Gasteiger partial charge in [-0.1, -0.05) is 35.9 Å². The Labute approximate surface area is 230 Å². The predicted octanol–water partition coefficient (Wildman–Crippen LogP) is 5.67. The number of hydrogen-bond acceptors (Lipinski definition) is 4. The summed E-state index contributed by atoms with van der Waals surface area (Å²) in [4.78, 5) is 13.1. The molecular weight excluding hydrogens is 508 g/mol. The molecule has 3 aromatic carbocycles. The van der Waals surface area contributed by atoms with Gasteiger partial charge in [0.15, 0.2) is 0 Å². The van der Waals surface area contributed by atoms with E-state index in [0.717, 1.165) is 38.1 Å². The summed E-state index contributed by atoms with van der Waals surface area (Å²) in [5.41, 5.74) is 11.1. The van der Waals surface area contributed by atoms with Crippen molar-refractivity contribution in [1.29, 1.82) is 0 Å². The highest BCUT2D eigenvalue weighted by Gasteiger charge is 2.27. The summed E-state index contributed by atoms with van der Waals surface area (Å²) in [6, 6.07) is 22.0. The van der Waals surface area contributed by atoms with E-state index < -0.39 is 22.5 Å². The number of sulfonamides is 1. The largest absolute Gasteiger partial charge is 0.318 e. The van der Waals surface area contributed by atoms with Gasteiger partial charge in [0.25, 0.3) is 15.9 Å². The Hall–Kier alpha value is -4.17. The molecule has 1 N–H and O–H groups in total. The van der Waals surface area contributed by atoms with Crippen molar-refractivity contribution in [2.24, 2.45) is 5.10 Å². The fourth-order valence-electron chi connectivity index (χ4n) is 4.46. The average molecular weight is 543 g/mol. The lowest BCUT2D eigenvalue weighted by Gasteiger charge is -2.24. The molecule has 0 aliphatic heterocycles. The summed E-state index contributed by atoms with van der Waals surface area (Å²) in [5.74, 6) is -0.550. The Morgan fingerprint density at radius 1 is 0.872 bits per heavy atom. The van der Waals surface area contributed by atoms with E-state index in [0.29, 0.717) is 5.69 Å². The summed E-state index contributed by atoms with van der Waals surface area (Å²) < 4.78 is 30.4. The molecule has 7 nitrogen and oxygen atoms in total. The van der Waals surface area contributed by atoms with Crippen LogP contribution in [0.2, 0.25) is 0 Å². The number of carbonyl (C=O) groups is 1. The number of hydrazone groups is 1. The molecule has 1 heterocycles. The van der Waals surface area contributed by atoms with Gasteiger partial charge in [-0.05, 0) is 101 Å². The third-order valence-corrected chi connectivity index (χ3v) is 8.59. The zero-order valence-corrected chi connectivity index (χ0v) is 24.0. The highest BCUT2D eigenvalue weighted by Crippen LogP contribution is 2.25. The normalized spacial score (nSPS) is 11.6. The number of anilines is 1. The van der Waals surface area contributed by atoms with Gasteiger partial charge in [0.05, 0.1) is 16.8 Å². The van der Waals surface area contributed by atoms with Crippen molar-refractivity contribution in [2.45, 2.75) is 46.4 Å². The van der Waals surface area contributed by atoms with E-state index in [1.165, 1.54) is 11.1 Å². The molecular formula is C31H34N4O3S. The van der Waals surface area contributed by atoms with Crippen LogP contribution in [0.15, 0.2) is 82.8 Å². The zero-order valence-electron chi connectivity index (χ0n) is 23.2. The van der Waals surface area contributed by atoms with Crippen LogP contribution in [0.4, 0.5) is 5.69 Å². The van der Waals surface area contributed by atoms with Crippen molar-refractivity contribution in [3.05, 3.63) is 112 Å². The highest BCUT2D eigenvalue weighted by molar-refractivity contribution is 7.92. The molecule has 0 saturated carbocycles. The van der Waals surface area contributed by atoms with Gasteiger partial charge in [-0.3, -0.25) is 9.10 Å². The van der Waals surface area contributed by atoms with Crippen LogP contribution in [0.3, 0.4) is 0 Å². The summed E-state index contributed by atoms with van der Waals surface area (Å²) in [5, 5.41) is 4.15. The molecule has 0 radical (unpaired) electrons. The van der Waals surface area contributed by atoms with Gasteiger partial charge < -0.3 is 4.57 Å². The van der Waals surface area contributed by atoms with E-state index in [-0.39, 0.29) is 4.90 Å². The minimum Gasteiger partial charge on any atom is -0.318 e. The zero-order chi connectivity index (χ0) is 28.3. The monoisotopic (exact) mass is 542 g/mol. The number of benzene rings is 3. The summed E-state index contributed by atoms with van der Waals surface area (Å²) in [7, 11) is -3.99. The first-order valence-corrected chi connectivity index (χ1v) is 14.2. The van der Waals surface area contributed by atoms with Crippen LogP contribution >= 0.6 is 0 Å². The molecule has 0 atom stereocenters. The van der Waals surface area contributed by atoms with Crippen molar-refractivity contribution in [1.82, 2.24) is 9.99 Å². The SMILES string of the molecule is Cc1ccc(S(=O)(=O)N(CC(=O)N/N=C\c2cc(C)n(-c3ccc(C)c(C)c3)c2C)c2cccc(C)c2)cc1. The van der Waals surface area contributed by atoms with Crippen LogP contribution in [0.1, 0.15) is 39.2 Å². The van der Waals surface area contributed by atoms with E-state index in [9.17, 15) is 13.2 Å². The molecule has 202 valence electrons. The molecule has 0 aliphatic carbocycles. The van der Waals surface area contributed by atoms with Gasteiger partial charge in [-0.15, -0.1) is 0 Å². The van der Waals surface area contributed by atoms with Crippen molar-refractivity contribution in [2.75, 3.05) is 10.8 Å². The number of nitrogens with zero attached hydrogens (tertiary/aromatic N) is 3. The number of hydrogen-bond donors (Lipinski definition) is 1. The first-order valence-electron chi connectivity index (χ1n) is 12.7. The molecule has 0 bridgehead atoms. The molecule has 0 unspecified atom stereocenters. The Bertz CT molecular complexity index is 1650. The quantitative estimate of drug-likeness (QED) is 0.230. The second-order valence-corrected chi connectivity index (χ2v) is 11.7. The third kappa shape index (κ3) is 6.12. The van der Waals surface area contributed by atoms with Crippen molar-refractivity contribution >= 4 is 27.8 Å². The Kier molecular flexibility index (Phi) is 8.06. The van der Waals surface area contributed by atoms with E-state index in [1.807, 2.05) is 39.8 Å². The maximum Gasteiger partial charge on any atom is 0.264 e. The lowest BCUT2D eigenvalue weighted by Crippen LogP contribution is -2.39. The summed E-state index contributed by atoms with van der Waals surface area (Å²) >= 11 is 0. The molecule has 4 rings (SSSR count). The summed E-state index contributed by atoms with van der Waals surface area (Å²) in [6.07, 6.45) is 1.59. The lowest BCUT2D eigenvalue weighted by molar-refractivity contribution is -0.119. The Morgan fingerprint density at radius 2 is 1.59 bits per heavy atom. The number of carbonyl (C=O) groups excluding carboxylic acids is 1. The van der Waals surface area contributed by atoms with Crippen molar-refractivity contribution < 1.29 is 13.2 Å². The van der Waals surface area contributed by atoms with Crippen LogP contribution in [0.25, 0.3) is 5.69 Å². The minimum absolute atomic E-state index is 0.115. The maximum atomic E-state index is 13.6. The molecule has 8 heteroatoms. The van der Waals surface area contributed by atoms with E-state index in [1.54, 1.807) is 48.7 Å². The van der Waals surface area contributed by atoms with Crippen LogP contribution in [0.5, 0.6) is 0 Å². The molecule has 0 saturated heterocycles. The van der Waals surface area contributed by atoms with Gasteiger partial charge in [-0.25, -0.2) is 13.8 Å². The topological polar surface area (TPSA) is 83.8 Å².